The first kappa shape index (κ1) is 19.6. The van der Waals surface area contributed by atoms with Gasteiger partial charge in [-0.25, -0.2) is 9.83 Å². The maximum Gasteiger partial charge on any atom is 0.358 e. The van der Waals surface area contributed by atoms with Gasteiger partial charge < -0.3 is 9.47 Å². The predicted molar refractivity (Wildman–Crippen MR) is 109 cm³/mol. The van der Waals surface area contributed by atoms with Gasteiger partial charge >= 0.3 is 5.69 Å². The Morgan fingerprint density at radius 3 is 2.75 bits per heavy atom. The van der Waals surface area contributed by atoms with Crippen molar-refractivity contribution in [3.05, 3.63) is 70.1 Å². The maximum absolute atomic E-state index is 12.1. The Kier molecular flexibility index (Phi) is 6.09. The lowest BCUT2D eigenvalue weighted by Crippen LogP contribution is -2.08. The fourth-order valence-electron chi connectivity index (χ4n) is 3.47. The standard InChI is InChI=1S/C22H25N2O4/c1-5-28-21-13-12-17(14-20(21)24(25)27-4)22(26-3)23-15(2)18-10-6-8-16-9-7-11-19(16)18/h6,8,10,12-14H,2,5,7,9,11H2,1,3-4H3/q+1/b23-22-. The first-order valence-corrected chi connectivity index (χ1v) is 9.30. The number of aliphatic imine (C=N–C) groups is 1. The third-order valence-corrected chi connectivity index (χ3v) is 4.75. The SMILES string of the molecule is C=C(/N=C(\OC)c1ccc(OCC)c([N+](=O)OC)c1)c1cccc2c1CCC2. The zero-order valence-electron chi connectivity index (χ0n) is 16.5. The number of hydrogen-bond acceptors (Lipinski definition) is 5. The largest absolute Gasteiger partial charge is 0.487 e. The van der Waals surface area contributed by atoms with Crippen molar-refractivity contribution in [1.29, 1.82) is 0 Å². The van der Waals surface area contributed by atoms with Crippen LogP contribution in [0.4, 0.5) is 5.69 Å². The van der Waals surface area contributed by atoms with Gasteiger partial charge in [0.15, 0.2) is 7.11 Å². The summed E-state index contributed by atoms with van der Waals surface area (Å²) in [5.74, 6) is 0.799. The summed E-state index contributed by atoms with van der Waals surface area (Å²) in [7, 11) is 2.85. The molecule has 2 aromatic rings. The molecule has 0 bridgehead atoms. The quantitative estimate of drug-likeness (QED) is 0.399. The molecule has 0 heterocycles. The minimum absolute atomic E-state index is 0.248. The summed E-state index contributed by atoms with van der Waals surface area (Å²) < 4.78 is 11.0. The minimum atomic E-state index is 0.248. The van der Waals surface area contributed by atoms with Gasteiger partial charge in [-0.3, -0.25) is 0 Å². The van der Waals surface area contributed by atoms with Crippen LogP contribution >= 0.6 is 0 Å². The smallest absolute Gasteiger partial charge is 0.358 e. The molecule has 0 fully saturated rings. The number of ether oxygens (including phenoxy) is 2. The van der Waals surface area contributed by atoms with Crippen LogP contribution in [0.25, 0.3) is 5.70 Å². The van der Waals surface area contributed by atoms with Crippen LogP contribution in [0.1, 0.15) is 35.6 Å². The molecule has 0 radical (unpaired) electrons. The Morgan fingerprint density at radius 1 is 1.21 bits per heavy atom. The van der Waals surface area contributed by atoms with Gasteiger partial charge in [-0.15, -0.1) is 0 Å². The molecule has 0 spiro atoms. The van der Waals surface area contributed by atoms with Gasteiger partial charge in [0, 0.05) is 17.2 Å². The lowest BCUT2D eigenvalue weighted by atomic mass is 10.0. The number of methoxy groups -OCH3 is 1. The molecule has 0 aliphatic heterocycles. The average molecular weight is 381 g/mol. The molecular formula is C22H25N2O4+. The van der Waals surface area contributed by atoms with E-state index < -0.39 is 0 Å². The molecule has 6 heteroatoms. The van der Waals surface area contributed by atoms with Crippen LogP contribution in [0.3, 0.4) is 0 Å². The topological polar surface area (TPSA) is 60.1 Å². The lowest BCUT2D eigenvalue weighted by Gasteiger charge is -2.11. The molecule has 6 nitrogen and oxygen atoms in total. The molecule has 0 aromatic heterocycles. The molecule has 0 amide bonds. The number of hydrogen-bond donors (Lipinski definition) is 0. The van der Waals surface area contributed by atoms with Crippen molar-refractivity contribution in [3.8, 4) is 5.75 Å². The summed E-state index contributed by atoms with van der Waals surface area (Å²) in [6, 6.07) is 11.4. The number of benzene rings is 2. The van der Waals surface area contributed by atoms with Crippen molar-refractivity contribution < 1.29 is 19.2 Å². The van der Waals surface area contributed by atoms with E-state index in [1.807, 2.05) is 19.1 Å². The third kappa shape index (κ3) is 3.91. The summed E-state index contributed by atoms with van der Waals surface area (Å²) in [5.41, 5.74) is 5.22. The van der Waals surface area contributed by atoms with E-state index in [0.717, 1.165) is 24.8 Å². The van der Waals surface area contributed by atoms with Gasteiger partial charge in [0.05, 0.1) is 24.3 Å². The predicted octanol–water partition coefficient (Wildman–Crippen LogP) is 4.61. The summed E-state index contributed by atoms with van der Waals surface area (Å²) in [5, 5.41) is 0. The van der Waals surface area contributed by atoms with Crippen molar-refractivity contribution in [2.75, 3.05) is 20.8 Å². The van der Waals surface area contributed by atoms with Gasteiger partial charge in [-0.1, -0.05) is 24.8 Å². The fourth-order valence-corrected chi connectivity index (χ4v) is 3.47. The molecule has 28 heavy (non-hydrogen) atoms. The van der Waals surface area contributed by atoms with Crippen molar-refractivity contribution in [2.45, 2.75) is 26.2 Å². The Bertz CT molecular complexity index is 934. The Hall–Kier alpha value is -3.15. The van der Waals surface area contributed by atoms with E-state index in [1.54, 1.807) is 25.3 Å². The fraction of sp³-hybridized carbons (Fsp3) is 0.318. The summed E-state index contributed by atoms with van der Waals surface area (Å²) >= 11 is 0. The van der Waals surface area contributed by atoms with E-state index in [0.29, 0.717) is 34.4 Å². The highest BCUT2D eigenvalue weighted by Gasteiger charge is 2.24. The van der Waals surface area contributed by atoms with E-state index in [9.17, 15) is 4.91 Å². The minimum Gasteiger partial charge on any atom is -0.487 e. The van der Waals surface area contributed by atoms with Gasteiger partial charge in [0.25, 0.3) is 4.92 Å². The first-order chi connectivity index (χ1) is 13.6. The van der Waals surface area contributed by atoms with Crippen LogP contribution in [0.2, 0.25) is 0 Å². The molecule has 0 atom stereocenters. The summed E-state index contributed by atoms with van der Waals surface area (Å²) in [6.07, 6.45) is 3.28. The highest BCUT2D eigenvalue weighted by Crippen LogP contribution is 2.31. The molecule has 0 N–H and O–H groups in total. The first-order valence-electron chi connectivity index (χ1n) is 9.30. The van der Waals surface area contributed by atoms with Crippen LogP contribution in [0.5, 0.6) is 5.75 Å². The molecule has 3 rings (SSSR count). The molecule has 146 valence electrons. The molecule has 0 unspecified atom stereocenters. The van der Waals surface area contributed by atoms with E-state index in [2.05, 4.69) is 17.6 Å². The Morgan fingerprint density at radius 2 is 2.04 bits per heavy atom. The van der Waals surface area contributed by atoms with Crippen LogP contribution in [0, 0.1) is 4.91 Å². The van der Waals surface area contributed by atoms with Gasteiger partial charge in [-0.05, 0) is 49.4 Å². The molecular weight excluding hydrogens is 356 g/mol. The number of nitrogens with zero attached hydrogens (tertiary/aromatic N) is 2. The zero-order chi connectivity index (χ0) is 20.1. The van der Waals surface area contributed by atoms with Crippen LogP contribution < -0.4 is 4.74 Å². The van der Waals surface area contributed by atoms with Crippen LogP contribution in [-0.4, -0.2) is 31.6 Å². The highest BCUT2D eigenvalue weighted by molar-refractivity contribution is 5.98. The van der Waals surface area contributed by atoms with Crippen molar-refractivity contribution >= 4 is 17.3 Å². The van der Waals surface area contributed by atoms with E-state index in [-0.39, 0.29) is 5.69 Å². The van der Waals surface area contributed by atoms with E-state index in [4.69, 9.17) is 14.3 Å². The molecule has 1 aliphatic rings. The van der Waals surface area contributed by atoms with Crippen molar-refractivity contribution in [2.24, 2.45) is 4.99 Å². The lowest BCUT2D eigenvalue weighted by molar-refractivity contribution is -0.736. The summed E-state index contributed by atoms with van der Waals surface area (Å²) in [6.45, 7) is 6.43. The van der Waals surface area contributed by atoms with Crippen molar-refractivity contribution in [1.82, 2.24) is 0 Å². The number of aryl methyl sites for hydroxylation is 1. The Balaban J connectivity index is 1.98. The summed E-state index contributed by atoms with van der Waals surface area (Å²) in [4.78, 5) is 21.9. The molecule has 0 saturated heterocycles. The van der Waals surface area contributed by atoms with Crippen LogP contribution in [-0.2, 0) is 22.4 Å². The van der Waals surface area contributed by atoms with E-state index in [1.165, 1.54) is 18.2 Å². The number of fused-ring (bicyclic) bond motifs is 1. The second-order valence-corrected chi connectivity index (χ2v) is 6.42. The highest BCUT2D eigenvalue weighted by atomic mass is 16.8. The zero-order valence-corrected chi connectivity index (χ0v) is 16.5. The van der Waals surface area contributed by atoms with E-state index >= 15 is 0 Å². The number of rotatable bonds is 7. The second kappa shape index (κ2) is 8.69. The third-order valence-electron chi connectivity index (χ3n) is 4.75. The maximum atomic E-state index is 12.1. The molecule has 1 aliphatic carbocycles. The van der Waals surface area contributed by atoms with Crippen molar-refractivity contribution in [3.63, 3.8) is 0 Å². The van der Waals surface area contributed by atoms with Crippen LogP contribution in [0.15, 0.2) is 48.0 Å². The second-order valence-electron chi connectivity index (χ2n) is 6.42. The van der Waals surface area contributed by atoms with Gasteiger partial charge in [0.1, 0.15) is 0 Å². The van der Waals surface area contributed by atoms with Gasteiger partial charge in [-0.2, -0.15) is 0 Å². The molecule has 2 aromatic carbocycles. The Labute approximate surface area is 165 Å². The molecule has 0 saturated carbocycles. The normalized spacial score (nSPS) is 13.0. The average Bonchev–Trinajstić information content (AvgIpc) is 3.20. The van der Waals surface area contributed by atoms with Gasteiger partial charge in [0.2, 0.25) is 11.6 Å². The monoisotopic (exact) mass is 381 g/mol.